The summed E-state index contributed by atoms with van der Waals surface area (Å²) in [4.78, 5) is 0. The molecule has 1 aromatic rings. The van der Waals surface area contributed by atoms with Crippen molar-refractivity contribution in [3.8, 4) is 0 Å². The zero-order chi connectivity index (χ0) is 14.2. The first-order valence-corrected chi connectivity index (χ1v) is 6.66. The third-order valence-corrected chi connectivity index (χ3v) is 5.03. The van der Waals surface area contributed by atoms with Crippen LogP contribution >= 0.6 is 0 Å². The molecule has 106 valence electrons. The van der Waals surface area contributed by atoms with Gasteiger partial charge in [-0.05, 0) is 25.7 Å². The Hall–Kier alpha value is -1.36. The molecule has 0 spiro atoms. The molecule has 1 aliphatic carbocycles. The highest BCUT2D eigenvalue weighted by atomic mass is 19.2. The molecule has 0 N–H and O–H groups in total. The molecule has 0 radical (unpaired) electrons. The van der Waals surface area contributed by atoms with Crippen molar-refractivity contribution in [2.45, 2.75) is 31.5 Å². The Bertz CT molecular complexity index is 654. The zero-order valence-electron chi connectivity index (χ0n) is 10.7. The molecule has 20 heavy (non-hydrogen) atoms. The van der Waals surface area contributed by atoms with E-state index in [1.807, 2.05) is 12.2 Å². The van der Waals surface area contributed by atoms with Crippen molar-refractivity contribution >= 4 is 0 Å². The highest BCUT2D eigenvalue weighted by Gasteiger charge is 2.62. The van der Waals surface area contributed by atoms with Crippen molar-refractivity contribution in [2.24, 2.45) is 11.8 Å². The summed E-state index contributed by atoms with van der Waals surface area (Å²) in [5, 5.41) is 0. The third-order valence-electron chi connectivity index (χ3n) is 5.03. The fourth-order valence-corrected chi connectivity index (χ4v) is 4.16. The summed E-state index contributed by atoms with van der Waals surface area (Å²) in [6.45, 7) is 1.65. The Morgan fingerprint density at radius 2 is 1.65 bits per heavy atom. The van der Waals surface area contributed by atoms with Gasteiger partial charge in [-0.25, -0.2) is 17.6 Å². The van der Waals surface area contributed by atoms with E-state index in [0.717, 1.165) is 0 Å². The van der Waals surface area contributed by atoms with Crippen LogP contribution in [0.3, 0.4) is 0 Å². The quantitative estimate of drug-likeness (QED) is 0.301. The van der Waals surface area contributed by atoms with Crippen LogP contribution in [-0.2, 0) is 10.3 Å². The van der Waals surface area contributed by atoms with Crippen LogP contribution in [0.1, 0.15) is 37.0 Å². The second kappa shape index (κ2) is 3.64. The van der Waals surface area contributed by atoms with Crippen LogP contribution in [-0.4, -0.2) is 0 Å². The molecule has 0 amide bonds. The van der Waals surface area contributed by atoms with Crippen molar-refractivity contribution in [3.05, 3.63) is 46.5 Å². The number of hydrogen-bond donors (Lipinski definition) is 0. The monoisotopic (exact) mass is 284 g/mol. The molecule has 1 saturated heterocycles. The van der Waals surface area contributed by atoms with Crippen LogP contribution in [0.25, 0.3) is 0 Å². The highest BCUT2D eigenvalue weighted by Crippen LogP contribution is 2.64. The average molecular weight is 284 g/mol. The molecule has 1 nitrogen and oxygen atoms in total. The molecule has 4 atom stereocenters. The Kier molecular flexibility index (Phi) is 2.25. The number of rotatable bonds is 0. The normalized spacial score (nSPS) is 37.1. The van der Waals surface area contributed by atoms with Crippen molar-refractivity contribution in [1.82, 2.24) is 0 Å². The van der Waals surface area contributed by atoms with E-state index in [1.165, 1.54) is 0 Å². The summed E-state index contributed by atoms with van der Waals surface area (Å²) in [6.07, 6.45) is 4.63. The van der Waals surface area contributed by atoms with E-state index in [-0.39, 0.29) is 23.0 Å². The molecule has 0 unspecified atom stereocenters. The maximum atomic E-state index is 14.1. The first kappa shape index (κ1) is 12.4. The predicted octanol–water partition coefficient (Wildman–Crippen LogP) is 4.13. The van der Waals surface area contributed by atoms with Gasteiger partial charge >= 0.3 is 0 Å². The molecule has 2 bridgehead atoms. The summed E-state index contributed by atoms with van der Waals surface area (Å²) in [5.41, 5.74) is -1.33. The molecular weight excluding hydrogens is 272 g/mol. The number of hydrogen-bond acceptors (Lipinski definition) is 1. The van der Waals surface area contributed by atoms with Gasteiger partial charge in [0.25, 0.3) is 0 Å². The smallest absolute Gasteiger partial charge is 0.197 e. The second-order valence-corrected chi connectivity index (χ2v) is 5.90. The van der Waals surface area contributed by atoms with Gasteiger partial charge in [-0.2, -0.15) is 0 Å². The molecule has 1 fully saturated rings. The van der Waals surface area contributed by atoms with E-state index in [2.05, 4.69) is 0 Å². The number of ether oxygens (including phenoxy) is 1. The standard InChI is InChI=1S/C15H12F4O/c1-15-7-5-3-2-4-6(7)14(20-15)8-9(15)11(17)13(19)12(18)10(8)16/h2-3,6-7,14H,4-5H2,1H3/t6-,7-,14+,15-/m0/s1. The molecule has 1 aromatic carbocycles. The minimum Gasteiger partial charge on any atom is -0.362 e. The Balaban J connectivity index is 2.02. The Morgan fingerprint density at radius 3 is 2.40 bits per heavy atom. The molecule has 4 rings (SSSR count). The van der Waals surface area contributed by atoms with Gasteiger partial charge in [-0.3, -0.25) is 0 Å². The number of allylic oxidation sites excluding steroid dienone is 2. The maximum Gasteiger partial charge on any atom is 0.197 e. The first-order chi connectivity index (χ1) is 9.47. The number of halogens is 4. The molecule has 3 aliphatic rings. The van der Waals surface area contributed by atoms with Crippen molar-refractivity contribution in [1.29, 1.82) is 0 Å². The Labute approximate surface area is 113 Å². The lowest BCUT2D eigenvalue weighted by Gasteiger charge is -2.36. The molecular formula is C15H12F4O. The highest BCUT2D eigenvalue weighted by molar-refractivity contribution is 5.46. The lowest BCUT2D eigenvalue weighted by Crippen LogP contribution is -2.36. The fourth-order valence-electron chi connectivity index (χ4n) is 4.16. The topological polar surface area (TPSA) is 9.23 Å². The lowest BCUT2D eigenvalue weighted by atomic mass is 9.65. The van der Waals surface area contributed by atoms with Crippen LogP contribution < -0.4 is 0 Å². The van der Waals surface area contributed by atoms with Gasteiger partial charge in [0, 0.05) is 17.0 Å². The molecule has 2 heterocycles. The van der Waals surface area contributed by atoms with E-state index in [4.69, 9.17) is 4.74 Å². The van der Waals surface area contributed by atoms with Gasteiger partial charge in [0.2, 0.25) is 0 Å². The van der Waals surface area contributed by atoms with Gasteiger partial charge in [-0.1, -0.05) is 12.2 Å². The zero-order valence-corrected chi connectivity index (χ0v) is 10.7. The van der Waals surface area contributed by atoms with Gasteiger partial charge in [0.1, 0.15) is 0 Å². The van der Waals surface area contributed by atoms with Crippen LogP contribution in [0.4, 0.5) is 17.6 Å². The summed E-state index contributed by atoms with van der Waals surface area (Å²) in [6, 6.07) is 0. The molecule has 2 aliphatic heterocycles. The fraction of sp³-hybridized carbons (Fsp3) is 0.467. The Morgan fingerprint density at radius 1 is 1.00 bits per heavy atom. The maximum absolute atomic E-state index is 14.1. The van der Waals surface area contributed by atoms with Gasteiger partial charge in [-0.15, -0.1) is 0 Å². The van der Waals surface area contributed by atoms with Gasteiger partial charge < -0.3 is 4.74 Å². The second-order valence-electron chi connectivity index (χ2n) is 5.90. The number of benzene rings is 1. The number of fused-ring (bicyclic) bond motifs is 8. The van der Waals surface area contributed by atoms with Gasteiger partial charge in [0.05, 0.1) is 11.7 Å². The van der Waals surface area contributed by atoms with Gasteiger partial charge in [0.15, 0.2) is 23.3 Å². The van der Waals surface area contributed by atoms with Crippen LogP contribution in [0.2, 0.25) is 0 Å². The minimum absolute atomic E-state index is 0.00346. The minimum atomic E-state index is -1.75. The largest absolute Gasteiger partial charge is 0.362 e. The van der Waals surface area contributed by atoms with Crippen molar-refractivity contribution in [3.63, 3.8) is 0 Å². The van der Waals surface area contributed by atoms with E-state index in [1.54, 1.807) is 6.92 Å². The van der Waals surface area contributed by atoms with Crippen molar-refractivity contribution < 1.29 is 22.3 Å². The summed E-state index contributed by atoms with van der Waals surface area (Å²) < 4.78 is 60.9. The summed E-state index contributed by atoms with van der Waals surface area (Å²) >= 11 is 0. The molecule has 5 heteroatoms. The van der Waals surface area contributed by atoms with Crippen LogP contribution in [0.5, 0.6) is 0 Å². The van der Waals surface area contributed by atoms with Crippen LogP contribution in [0, 0.1) is 35.1 Å². The van der Waals surface area contributed by atoms with E-state index in [0.29, 0.717) is 12.8 Å². The average Bonchev–Trinajstić information content (AvgIpc) is 2.92. The SMILES string of the molecule is C[C@@]12O[C@@H](c3c(F)c(F)c(F)c(F)c31)[C@H]1CC=CC[C@@H]12. The van der Waals surface area contributed by atoms with Crippen molar-refractivity contribution in [2.75, 3.05) is 0 Å². The molecule has 0 aromatic heterocycles. The summed E-state index contributed by atoms with van der Waals surface area (Å²) in [5.74, 6) is -6.14. The molecule has 0 saturated carbocycles. The van der Waals surface area contributed by atoms with E-state index >= 15 is 0 Å². The van der Waals surface area contributed by atoms with E-state index in [9.17, 15) is 17.6 Å². The third kappa shape index (κ3) is 1.18. The van der Waals surface area contributed by atoms with Crippen LogP contribution in [0.15, 0.2) is 12.2 Å². The van der Waals surface area contributed by atoms with E-state index < -0.39 is 35.0 Å². The lowest BCUT2D eigenvalue weighted by molar-refractivity contribution is -0.0288. The summed E-state index contributed by atoms with van der Waals surface area (Å²) in [7, 11) is 0. The predicted molar refractivity (Wildman–Crippen MR) is 62.8 cm³/mol. The first-order valence-electron chi connectivity index (χ1n) is 6.66.